The van der Waals surface area contributed by atoms with Crippen molar-refractivity contribution in [2.75, 3.05) is 13.1 Å². The fourth-order valence-corrected chi connectivity index (χ4v) is 1.68. The molecule has 0 amide bonds. The fraction of sp³-hybridized carbons (Fsp3) is 0.500. The molecule has 0 aliphatic carbocycles. The van der Waals surface area contributed by atoms with Gasteiger partial charge >= 0.3 is 0 Å². The van der Waals surface area contributed by atoms with Crippen molar-refractivity contribution in [3.8, 4) is 5.75 Å². The summed E-state index contributed by atoms with van der Waals surface area (Å²) in [7, 11) is 0. The van der Waals surface area contributed by atoms with Crippen LogP contribution in [0.2, 0.25) is 5.15 Å². The number of hydrogen-bond acceptors (Lipinski definition) is 3. The Balaban J connectivity index is 2.00. The molecule has 0 radical (unpaired) electrons. The van der Waals surface area contributed by atoms with E-state index in [2.05, 4.69) is 10.3 Å². The Morgan fingerprint density at radius 3 is 2.87 bits per heavy atom. The van der Waals surface area contributed by atoms with Crippen molar-refractivity contribution >= 4 is 11.6 Å². The summed E-state index contributed by atoms with van der Waals surface area (Å²) >= 11 is 5.47. The minimum absolute atomic E-state index is 0.118. The van der Waals surface area contributed by atoms with Crippen LogP contribution in [0.15, 0.2) is 12.3 Å². The van der Waals surface area contributed by atoms with E-state index >= 15 is 0 Å². The van der Waals surface area contributed by atoms with Gasteiger partial charge in [-0.2, -0.15) is 0 Å². The second-order valence-electron chi connectivity index (χ2n) is 3.51. The monoisotopic (exact) mass is 230 g/mol. The van der Waals surface area contributed by atoms with Gasteiger partial charge in [-0.05, 0) is 25.9 Å². The molecule has 3 nitrogen and oxygen atoms in total. The van der Waals surface area contributed by atoms with Crippen molar-refractivity contribution in [1.29, 1.82) is 0 Å². The first-order valence-electron chi connectivity index (χ1n) is 4.94. The van der Waals surface area contributed by atoms with Crippen LogP contribution in [0.5, 0.6) is 5.75 Å². The Kier molecular flexibility index (Phi) is 3.38. The van der Waals surface area contributed by atoms with Crippen LogP contribution in [-0.2, 0) is 0 Å². The van der Waals surface area contributed by atoms with Crippen LogP contribution in [0.25, 0.3) is 0 Å². The summed E-state index contributed by atoms with van der Waals surface area (Å²) in [6, 6.07) is 1.28. The molecule has 1 aromatic rings. The lowest BCUT2D eigenvalue weighted by molar-refractivity contribution is 0.161. The molecular weight excluding hydrogens is 219 g/mol. The Hall–Kier alpha value is -0.870. The summed E-state index contributed by atoms with van der Waals surface area (Å²) in [6.45, 7) is 1.88. The van der Waals surface area contributed by atoms with Gasteiger partial charge in [-0.15, -0.1) is 0 Å². The lowest BCUT2D eigenvalue weighted by atomic mass is 10.1. The van der Waals surface area contributed by atoms with Gasteiger partial charge in [0.1, 0.15) is 11.9 Å². The van der Waals surface area contributed by atoms with Crippen LogP contribution in [0.3, 0.4) is 0 Å². The third-order valence-electron chi connectivity index (χ3n) is 2.36. The van der Waals surface area contributed by atoms with E-state index in [1.807, 2.05) is 0 Å². The van der Waals surface area contributed by atoms with E-state index in [1.54, 1.807) is 0 Å². The molecule has 1 aliphatic rings. The zero-order valence-corrected chi connectivity index (χ0v) is 8.93. The summed E-state index contributed by atoms with van der Waals surface area (Å²) < 4.78 is 18.6. The molecule has 15 heavy (non-hydrogen) atoms. The van der Waals surface area contributed by atoms with Crippen molar-refractivity contribution in [3.63, 3.8) is 0 Å². The first-order chi connectivity index (χ1) is 7.25. The first-order valence-corrected chi connectivity index (χ1v) is 5.32. The summed E-state index contributed by atoms with van der Waals surface area (Å²) in [6.07, 6.45) is 3.47. The van der Waals surface area contributed by atoms with Crippen LogP contribution in [0.1, 0.15) is 12.8 Å². The SMILES string of the molecule is Fc1cc(OC2CCNCC2)cnc1Cl. The van der Waals surface area contributed by atoms with Gasteiger partial charge in [0.05, 0.1) is 6.20 Å². The molecule has 1 saturated heterocycles. The molecule has 1 aromatic heterocycles. The smallest absolute Gasteiger partial charge is 0.164 e. The van der Waals surface area contributed by atoms with Crippen LogP contribution < -0.4 is 10.1 Å². The van der Waals surface area contributed by atoms with E-state index in [-0.39, 0.29) is 11.3 Å². The average molecular weight is 231 g/mol. The van der Waals surface area contributed by atoms with Gasteiger partial charge in [0.25, 0.3) is 0 Å². The van der Waals surface area contributed by atoms with Crippen LogP contribution in [0.4, 0.5) is 4.39 Å². The van der Waals surface area contributed by atoms with E-state index in [4.69, 9.17) is 16.3 Å². The molecule has 1 aliphatic heterocycles. The predicted octanol–water partition coefficient (Wildman–Crippen LogP) is 2.00. The maximum absolute atomic E-state index is 13.0. The van der Waals surface area contributed by atoms with Gasteiger partial charge in [-0.3, -0.25) is 0 Å². The molecule has 2 heterocycles. The number of nitrogens with one attached hydrogen (secondary N) is 1. The number of halogens is 2. The maximum atomic E-state index is 13.0. The zero-order valence-electron chi connectivity index (χ0n) is 8.17. The predicted molar refractivity (Wildman–Crippen MR) is 55.7 cm³/mol. The van der Waals surface area contributed by atoms with E-state index in [9.17, 15) is 4.39 Å². The molecular formula is C10H12ClFN2O. The topological polar surface area (TPSA) is 34.1 Å². The van der Waals surface area contributed by atoms with Gasteiger partial charge in [0, 0.05) is 6.07 Å². The maximum Gasteiger partial charge on any atom is 0.164 e. The van der Waals surface area contributed by atoms with E-state index < -0.39 is 5.82 Å². The first kappa shape index (κ1) is 10.6. The average Bonchev–Trinajstić information content (AvgIpc) is 2.25. The summed E-state index contributed by atoms with van der Waals surface area (Å²) in [5, 5.41) is 3.11. The van der Waals surface area contributed by atoms with E-state index in [0.29, 0.717) is 5.75 Å². The third-order valence-corrected chi connectivity index (χ3v) is 2.64. The molecule has 5 heteroatoms. The minimum atomic E-state index is -0.539. The number of piperidine rings is 1. The molecule has 2 rings (SSSR count). The highest BCUT2D eigenvalue weighted by atomic mass is 35.5. The Morgan fingerprint density at radius 2 is 2.20 bits per heavy atom. The van der Waals surface area contributed by atoms with Crippen molar-refractivity contribution in [1.82, 2.24) is 10.3 Å². The van der Waals surface area contributed by atoms with Gasteiger partial charge < -0.3 is 10.1 Å². The van der Waals surface area contributed by atoms with E-state index in [1.165, 1.54) is 12.3 Å². The highest BCUT2D eigenvalue weighted by molar-refractivity contribution is 6.29. The van der Waals surface area contributed by atoms with Crippen molar-refractivity contribution in [2.45, 2.75) is 18.9 Å². The van der Waals surface area contributed by atoms with Gasteiger partial charge in [-0.25, -0.2) is 9.37 Å². The van der Waals surface area contributed by atoms with Crippen molar-refractivity contribution in [3.05, 3.63) is 23.2 Å². The molecule has 1 fully saturated rings. The third kappa shape index (κ3) is 2.79. The van der Waals surface area contributed by atoms with Crippen LogP contribution in [-0.4, -0.2) is 24.2 Å². The van der Waals surface area contributed by atoms with Crippen molar-refractivity contribution in [2.24, 2.45) is 0 Å². The standard InChI is InChI=1S/C10H12ClFN2O/c11-10-9(12)5-8(6-14-10)15-7-1-3-13-4-2-7/h5-7,13H,1-4H2. The molecule has 0 saturated carbocycles. The highest BCUT2D eigenvalue weighted by Gasteiger charge is 2.15. The molecule has 0 spiro atoms. The van der Waals surface area contributed by atoms with Gasteiger partial charge in [0.15, 0.2) is 11.0 Å². The number of nitrogens with zero attached hydrogens (tertiary/aromatic N) is 1. The largest absolute Gasteiger partial charge is 0.489 e. The molecule has 1 N–H and O–H groups in total. The van der Waals surface area contributed by atoms with Gasteiger partial charge in [-0.1, -0.05) is 11.6 Å². The number of aromatic nitrogens is 1. The van der Waals surface area contributed by atoms with Crippen LogP contribution in [0, 0.1) is 5.82 Å². The number of ether oxygens (including phenoxy) is 1. The second-order valence-corrected chi connectivity index (χ2v) is 3.87. The summed E-state index contributed by atoms with van der Waals surface area (Å²) in [5.74, 6) is -0.0908. The lowest BCUT2D eigenvalue weighted by Gasteiger charge is -2.23. The lowest BCUT2D eigenvalue weighted by Crippen LogP contribution is -2.34. The Bertz CT molecular complexity index is 342. The number of hydrogen-bond donors (Lipinski definition) is 1. The Labute approximate surface area is 92.6 Å². The van der Waals surface area contributed by atoms with Crippen molar-refractivity contribution < 1.29 is 9.13 Å². The summed E-state index contributed by atoms with van der Waals surface area (Å²) in [4.78, 5) is 3.69. The van der Waals surface area contributed by atoms with Gasteiger partial charge in [0.2, 0.25) is 0 Å². The molecule has 0 unspecified atom stereocenters. The second kappa shape index (κ2) is 4.77. The fourth-order valence-electron chi connectivity index (χ4n) is 1.57. The number of pyridine rings is 1. The zero-order chi connectivity index (χ0) is 10.7. The molecule has 0 atom stereocenters. The number of rotatable bonds is 2. The van der Waals surface area contributed by atoms with E-state index in [0.717, 1.165) is 25.9 Å². The highest BCUT2D eigenvalue weighted by Crippen LogP contribution is 2.20. The summed E-state index contributed by atoms with van der Waals surface area (Å²) in [5.41, 5.74) is 0. The molecule has 0 aromatic carbocycles. The quantitative estimate of drug-likeness (QED) is 0.790. The van der Waals surface area contributed by atoms with Crippen LogP contribution >= 0.6 is 11.6 Å². The molecule has 82 valence electrons. The normalized spacial score (nSPS) is 17.7. The Morgan fingerprint density at radius 1 is 1.47 bits per heavy atom. The molecule has 0 bridgehead atoms. The minimum Gasteiger partial charge on any atom is -0.489 e.